The minimum atomic E-state index is -4.49. The van der Waals surface area contributed by atoms with Crippen LogP contribution in [0, 0.1) is 0 Å². The molecule has 7 heteroatoms. The van der Waals surface area contributed by atoms with E-state index in [9.17, 15) is 26.7 Å². The van der Waals surface area contributed by atoms with Crippen molar-refractivity contribution >= 4 is 5.97 Å². The summed E-state index contributed by atoms with van der Waals surface area (Å²) in [6.45, 7) is 4.23. The number of carbonyl (C=O) groups excluding carboxylic acids is 1. The summed E-state index contributed by atoms with van der Waals surface area (Å²) in [5.74, 6) is -1.32. The number of rotatable bonds is 5. The highest BCUT2D eigenvalue weighted by atomic mass is 19.4. The first kappa shape index (κ1) is 14.9. The van der Waals surface area contributed by atoms with Gasteiger partial charge in [0.05, 0.1) is 6.42 Å². The summed E-state index contributed by atoms with van der Waals surface area (Å²) in [4.78, 5) is 10.7. The van der Waals surface area contributed by atoms with Crippen LogP contribution in [-0.4, -0.2) is 18.3 Å². The molecule has 0 radical (unpaired) electrons. The van der Waals surface area contributed by atoms with Crippen molar-refractivity contribution in [1.82, 2.24) is 0 Å². The number of carbonyl (C=O) groups is 1. The molecule has 0 saturated carbocycles. The molecule has 0 unspecified atom stereocenters. The second kappa shape index (κ2) is 5.27. The van der Waals surface area contributed by atoms with E-state index in [-0.39, 0.29) is 5.57 Å². The Balaban J connectivity index is 4.06. The number of halogens is 5. The number of alkyl halides is 5. The first-order valence-corrected chi connectivity index (χ1v) is 4.37. The fourth-order valence-corrected chi connectivity index (χ4v) is 0.768. The zero-order valence-corrected chi connectivity index (χ0v) is 8.53. The van der Waals surface area contributed by atoms with Gasteiger partial charge in [-0.05, 0) is 13.3 Å². The third-order valence-corrected chi connectivity index (χ3v) is 1.52. The summed E-state index contributed by atoms with van der Waals surface area (Å²) in [6.07, 6.45) is -11.7. The van der Waals surface area contributed by atoms with Gasteiger partial charge >= 0.3 is 18.3 Å². The molecule has 0 aliphatic carbocycles. The minimum Gasteiger partial charge on any atom is -0.397 e. The van der Waals surface area contributed by atoms with Crippen LogP contribution in [0.25, 0.3) is 0 Å². The predicted octanol–water partition coefficient (Wildman–Crippen LogP) is 3.43. The van der Waals surface area contributed by atoms with E-state index in [4.69, 9.17) is 0 Å². The number of hydrogen-bond donors (Lipinski definition) is 0. The molecular weight excluding hydrogens is 235 g/mol. The van der Waals surface area contributed by atoms with Crippen molar-refractivity contribution < 1.29 is 31.5 Å². The van der Waals surface area contributed by atoms with Gasteiger partial charge in [0.2, 0.25) is 0 Å². The Morgan fingerprint density at radius 3 is 2.06 bits per heavy atom. The molecule has 0 aliphatic heterocycles. The van der Waals surface area contributed by atoms with Crippen LogP contribution in [-0.2, 0) is 9.53 Å². The van der Waals surface area contributed by atoms with E-state index in [0.717, 1.165) is 6.92 Å². The predicted molar refractivity (Wildman–Crippen MR) is 45.8 cm³/mol. The monoisotopic (exact) mass is 246 g/mol. The lowest BCUT2D eigenvalue weighted by atomic mass is 10.2. The zero-order chi connectivity index (χ0) is 13.0. The fraction of sp³-hybridized carbons (Fsp3) is 0.667. The van der Waals surface area contributed by atoms with Gasteiger partial charge in [0.1, 0.15) is 0 Å². The largest absolute Gasteiger partial charge is 0.400 e. The molecule has 0 bridgehead atoms. The maximum absolute atomic E-state index is 12.8. The second-order valence-corrected chi connectivity index (χ2v) is 3.28. The third-order valence-electron chi connectivity index (χ3n) is 1.52. The molecule has 0 aromatic rings. The standard InChI is InChI=1S/C9H11F5O2/c1-6(2)7(15)16-9(13,14)5-3-4-8(10,11)12/h1,3-5H2,2H3. The maximum atomic E-state index is 12.8. The van der Waals surface area contributed by atoms with E-state index in [1.165, 1.54) is 0 Å². The topological polar surface area (TPSA) is 26.3 Å². The molecular formula is C9H11F5O2. The normalized spacial score (nSPS) is 12.4. The van der Waals surface area contributed by atoms with Gasteiger partial charge in [0, 0.05) is 12.0 Å². The molecule has 0 rings (SSSR count). The first-order valence-electron chi connectivity index (χ1n) is 4.37. The lowest BCUT2D eigenvalue weighted by Crippen LogP contribution is -2.25. The molecule has 0 aromatic carbocycles. The quantitative estimate of drug-likeness (QED) is 0.422. The highest BCUT2D eigenvalue weighted by Gasteiger charge is 2.36. The van der Waals surface area contributed by atoms with Gasteiger partial charge in [-0.2, -0.15) is 22.0 Å². The number of ether oxygens (including phenoxy) is 1. The highest BCUT2D eigenvalue weighted by molar-refractivity contribution is 5.87. The van der Waals surface area contributed by atoms with Crippen molar-refractivity contribution in [3.05, 3.63) is 12.2 Å². The summed E-state index contributed by atoms with van der Waals surface area (Å²) >= 11 is 0. The van der Waals surface area contributed by atoms with Crippen molar-refractivity contribution in [2.75, 3.05) is 0 Å². The van der Waals surface area contributed by atoms with Gasteiger partial charge in [-0.25, -0.2) is 4.79 Å². The van der Waals surface area contributed by atoms with Crippen molar-refractivity contribution in [2.45, 2.75) is 38.5 Å². The average Bonchev–Trinajstić information content (AvgIpc) is 1.99. The van der Waals surface area contributed by atoms with E-state index < -0.39 is 37.5 Å². The van der Waals surface area contributed by atoms with Crippen LogP contribution in [0.5, 0.6) is 0 Å². The average molecular weight is 246 g/mol. The van der Waals surface area contributed by atoms with E-state index in [1.54, 1.807) is 0 Å². The minimum absolute atomic E-state index is 0.240. The molecule has 0 spiro atoms. The Morgan fingerprint density at radius 2 is 1.69 bits per heavy atom. The van der Waals surface area contributed by atoms with Crippen molar-refractivity contribution in [2.24, 2.45) is 0 Å². The van der Waals surface area contributed by atoms with E-state index >= 15 is 0 Å². The summed E-state index contributed by atoms with van der Waals surface area (Å²) in [5, 5.41) is 0. The SMILES string of the molecule is C=C(C)C(=O)OC(F)(F)CCCC(F)(F)F. The van der Waals surface area contributed by atoms with Crippen molar-refractivity contribution in [3.8, 4) is 0 Å². The van der Waals surface area contributed by atoms with Gasteiger partial charge in [-0.15, -0.1) is 0 Å². The first-order chi connectivity index (χ1) is 7.03. The summed E-state index contributed by atoms with van der Waals surface area (Å²) in [5.41, 5.74) is -0.240. The molecule has 0 aliphatic rings. The van der Waals surface area contributed by atoms with Crippen LogP contribution < -0.4 is 0 Å². The van der Waals surface area contributed by atoms with Crippen LogP contribution in [0.15, 0.2) is 12.2 Å². The molecule has 0 heterocycles. The molecule has 0 atom stereocenters. The van der Waals surface area contributed by atoms with E-state index in [1.807, 2.05) is 0 Å². The van der Waals surface area contributed by atoms with Gasteiger partial charge in [-0.1, -0.05) is 6.58 Å². The van der Waals surface area contributed by atoms with Gasteiger partial charge in [0.15, 0.2) is 0 Å². The van der Waals surface area contributed by atoms with Crippen LogP contribution in [0.3, 0.4) is 0 Å². The Kier molecular flexibility index (Phi) is 4.89. The molecule has 0 saturated heterocycles. The summed E-state index contributed by atoms with van der Waals surface area (Å²) in [6, 6.07) is 0. The van der Waals surface area contributed by atoms with Gasteiger partial charge < -0.3 is 4.74 Å². The lowest BCUT2D eigenvalue weighted by molar-refractivity contribution is -0.234. The van der Waals surface area contributed by atoms with Gasteiger partial charge in [0.25, 0.3) is 0 Å². The van der Waals surface area contributed by atoms with Crippen molar-refractivity contribution in [1.29, 1.82) is 0 Å². The smallest absolute Gasteiger partial charge is 0.397 e. The number of esters is 1. The molecule has 0 aromatic heterocycles. The molecule has 2 nitrogen and oxygen atoms in total. The number of hydrogen-bond acceptors (Lipinski definition) is 2. The summed E-state index contributed by atoms with van der Waals surface area (Å²) < 4.78 is 64.2. The van der Waals surface area contributed by atoms with E-state index in [2.05, 4.69) is 11.3 Å². The Labute approximate surface area is 89.1 Å². The third kappa shape index (κ3) is 7.19. The van der Waals surface area contributed by atoms with E-state index in [0.29, 0.717) is 0 Å². The molecule has 94 valence electrons. The van der Waals surface area contributed by atoms with Gasteiger partial charge in [-0.3, -0.25) is 0 Å². The Bertz CT molecular complexity index is 270. The van der Waals surface area contributed by atoms with Crippen LogP contribution in [0.1, 0.15) is 26.2 Å². The zero-order valence-electron chi connectivity index (χ0n) is 8.53. The lowest BCUT2D eigenvalue weighted by Gasteiger charge is -2.16. The van der Waals surface area contributed by atoms with Crippen molar-refractivity contribution in [3.63, 3.8) is 0 Å². The maximum Gasteiger partial charge on any atom is 0.400 e. The van der Waals surface area contributed by atoms with Crippen LogP contribution >= 0.6 is 0 Å². The Hall–Kier alpha value is -1.14. The molecule has 16 heavy (non-hydrogen) atoms. The fourth-order valence-electron chi connectivity index (χ4n) is 0.768. The molecule has 0 fully saturated rings. The highest BCUT2D eigenvalue weighted by Crippen LogP contribution is 2.28. The summed E-state index contributed by atoms with van der Waals surface area (Å²) in [7, 11) is 0. The molecule has 0 N–H and O–H groups in total. The molecule has 0 amide bonds. The second-order valence-electron chi connectivity index (χ2n) is 3.28. The Morgan fingerprint density at radius 1 is 1.19 bits per heavy atom. The van der Waals surface area contributed by atoms with Crippen LogP contribution in [0.2, 0.25) is 0 Å². The van der Waals surface area contributed by atoms with Crippen LogP contribution in [0.4, 0.5) is 22.0 Å².